The molecule has 0 atom stereocenters. The number of ether oxygens (including phenoxy) is 1. The zero-order valence-corrected chi connectivity index (χ0v) is 14.7. The summed E-state index contributed by atoms with van der Waals surface area (Å²) < 4.78 is 11.2. The Morgan fingerprint density at radius 3 is 2.58 bits per heavy atom. The largest absolute Gasteiger partial charge is 0.492 e. The van der Waals surface area contributed by atoms with Crippen LogP contribution in [0.15, 0.2) is 51.7 Å². The van der Waals surface area contributed by atoms with Crippen LogP contribution in [-0.4, -0.2) is 17.7 Å². The average molecular weight is 352 g/mol. The molecule has 0 unspecified atom stereocenters. The minimum Gasteiger partial charge on any atom is -0.492 e. The third-order valence-corrected chi connectivity index (χ3v) is 4.28. The van der Waals surface area contributed by atoms with Gasteiger partial charge in [0.05, 0.1) is 18.4 Å². The summed E-state index contributed by atoms with van der Waals surface area (Å²) in [6, 6.07) is 13.3. The predicted molar refractivity (Wildman–Crippen MR) is 99.0 cm³/mol. The number of hydrogen-bond acceptors (Lipinski definition) is 4. The van der Waals surface area contributed by atoms with Crippen molar-refractivity contribution in [1.29, 1.82) is 0 Å². The SMILES string of the molecule is Cc1cc(OCCC(=O)O)c2c(C)c(Cc3ccccc3)c(=O)oc2c1. The highest BCUT2D eigenvalue weighted by Gasteiger charge is 2.16. The average Bonchev–Trinajstić information content (AvgIpc) is 2.58. The molecule has 3 rings (SSSR count). The summed E-state index contributed by atoms with van der Waals surface area (Å²) in [5.74, 6) is -0.383. The maximum absolute atomic E-state index is 12.5. The van der Waals surface area contributed by atoms with Crippen molar-refractivity contribution in [3.63, 3.8) is 0 Å². The number of carbonyl (C=O) groups is 1. The molecule has 3 aromatic rings. The Morgan fingerprint density at radius 2 is 1.88 bits per heavy atom. The summed E-state index contributed by atoms with van der Waals surface area (Å²) in [5.41, 5.74) is 3.36. The maximum atomic E-state index is 12.5. The van der Waals surface area contributed by atoms with Crippen LogP contribution in [0.5, 0.6) is 5.75 Å². The molecular weight excluding hydrogens is 332 g/mol. The molecule has 5 nitrogen and oxygen atoms in total. The number of fused-ring (bicyclic) bond motifs is 1. The lowest BCUT2D eigenvalue weighted by Gasteiger charge is -2.13. The normalized spacial score (nSPS) is 10.8. The second kappa shape index (κ2) is 7.44. The number of aryl methyl sites for hydroxylation is 2. The summed E-state index contributed by atoms with van der Waals surface area (Å²) in [6.07, 6.45) is 0.371. The summed E-state index contributed by atoms with van der Waals surface area (Å²) in [4.78, 5) is 23.2. The predicted octanol–water partition coefficient (Wildman–Crippen LogP) is 3.85. The Balaban J connectivity index is 2.09. The van der Waals surface area contributed by atoms with Gasteiger partial charge in [-0.1, -0.05) is 30.3 Å². The molecule has 1 aromatic heterocycles. The molecule has 26 heavy (non-hydrogen) atoms. The Morgan fingerprint density at radius 1 is 1.15 bits per heavy atom. The Hall–Kier alpha value is -3.08. The highest BCUT2D eigenvalue weighted by Crippen LogP contribution is 2.31. The Bertz CT molecular complexity index is 1000. The third kappa shape index (κ3) is 3.77. The van der Waals surface area contributed by atoms with Crippen LogP contribution in [-0.2, 0) is 11.2 Å². The Kier molecular flexibility index (Phi) is 5.07. The van der Waals surface area contributed by atoms with Gasteiger partial charge in [0.1, 0.15) is 11.3 Å². The van der Waals surface area contributed by atoms with Crippen molar-refractivity contribution >= 4 is 16.9 Å². The lowest BCUT2D eigenvalue weighted by molar-refractivity contribution is -0.137. The molecule has 0 spiro atoms. The van der Waals surface area contributed by atoms with Gasteiger partial charge in [-0.3, -0.25) is 4.79 Å². The first kappa shape index (κ1) is 17.7. The highest BCUT2D eigenvalue weighted by molar-refractivity contribution is 5.88. The summed E-state index contributed by atoms with van der Waals surface area (Å²) in [5, 5.41) is 9.53. The van der Waals surface area contributed by atoms with Gasteiger partial charge < -0.3 is 14.3 Å². The topological polar surface area (TPSA) is 76.7 Å². The van der Waals surface area contributed by atoms with E-state index in [1.807, 2.05) is 50.2 Å². The molecule has 0 saturated heterocycles. The summed E-state index contributed by atoms with van der Waals surface area (Å²) in [6.45, 7) is 3.80. The zero-order chi connectivity index (χ0) is 18.7. The van der Waals surface area contributed by atoms with Gasteiger partial charge in [0, 0.05) is 12.0 Å². The zero-order valence-electron chi connectivity index (χ0n) is 14.7. The van der Waals surface area contributed by atoms with E-state index in [9.17, 15) is 9.59 Å². The first-order chi connectivity index (χ1) is 12.5. The fourth-order valence-corrected chi connectivity index (χ4v) is 3.00. The van der Waals surface area contributed by atoms with E-state index in [4.69, 9.17) is 14.3 Å². The molecule has 0 aliphatic carbocycles. The number of carboxylic acid groups (broad SMARTS) is 1. The van der Waals surface area contributed by atoms with Crippen LogP contribution in [0.4, 0.5) is 0 Å². The van der Waals surface area contributed by atoms with Gasteiger partial charge in [-0.25, -0.2) is 4.79 Å². The second-order valence-corrected chi connectivity index (χ2v) is 6.28. The molecule has 134 valence electrons. The van der Waals surface area contributed by atoms with E-state index in [0.29, 0.717) is 28.7 Å². The van der Waals surface area contributed by atoms with E-state index in [1.54, 1.807) is 6.07 Å². The van der Waals surface area contributed by atoms with E-state index in [1.165, 1.54) is 0 Å². The van der Waals surface area contributed by atoms with Crippen LogP contribution in [0.1, 0.15) is 28.7 Å². The smallest absolute Gasteiger partial charge is 0.340 e. The maximum Gasteiger partial charge on any atom is 0.340 e. The van der Waals surface area contributed by atoms with Crippen molar-refractivity contribution in [2.24, 2.45) is 0 Å². The van der Waals surface area contributed by atoms with Gasteiger partial charge in [-0.2, -0.15) is 0 Å². The van der Waals surface area contributed by atoms with E-state index >= 15 is 0 Å². The van der Waals surface area contributed by atoms with Crippen LogP contribution in [0, 0.1) is 13.8 Å². The molecule has 0 fully saturated rings. The molecule has 0 aliphatic heterocycles. The van der Waals surface area contributed by atoms with Crippen LogP contribution in [0.25, 0.3) is 11.0 Å². The highest BCUT2D eigenvalue weighted by atomic mass is 16.5. The van der Waals surface area contributed by atoms with Gasteiger partial charge in [-0.15, -0.1) is 0 Å². The number of carboxylic acids is 1. The standard InChI is InChI=1S/C21H20O5/c1-13-10-17(25-9-8-19(22)23)20-14(2)16(21(24)26-18(20)11-13)12-15-6-4-3-5-7-15/h3-7,10-11H,8-9,12H2,1-2H3,(H,22,23). The van der Waals surface area contributed by atoms with Crippen molar-refractivity contribution in [3.05, 3.63) is 75.1 Å². The van der Waals surface area contributed by atoms with Gasteiger partial charge in [0.2, 0.25) is 0 Å². The third-order valence-electron chi connectivity index (χ3n) is 4.28. The van der Waals surface area contributed by atoms with Crippen LogP contribution >= 0.6 is 0 Å². The van der Waals surface area contributed by atoms with Crippen molar-refractivity contribution in [2.45, 2.75) is 26.7 Å². The number of benzene rings is 2. The fourth-order valence-electron chi connectivity index (χ4n) is 3.00. The molecule has 0 radical (unpaired) electrons. The van der Waals surface area contributed by atoms with Gasteiger partial charge >= 0.3 is 11.6 Å². The molecule has 0 bridgehead atoms. The summed E-state index contributed by atoms with van der Waals surface area (Å²) in [7, 11) is 0. The molecular formula is C21H20O5. The molecule has 0 aliphatic rings. The minimum atomic E-state index is -0.921. The number of aliphatic carboxylic acids is 1. The quantitative estimate of drug-likeness (QED) is 0.682. The van der Waals surface area contributed by atoms with Crippen LogP contribution in [0.2, 0.25) is 0 Å². The first-order valence-electron chi connectivity index (χ1n) is 8.41. The van der Waals surface area contributed by atoms with Gasteiger partial charge in [0.15, 0.2) is 0 Å². The lowest BCUT2D eigenvalue weighted by Crippen LogP contribution is -2.12. The van der Waals surface area contributed by atoms with E-state index in [0.717, 1.165) is 16.7 Å². The fraction of sp³-hybridized carbons (Fsp3) is 0.238. The second-order valence-electron chi connectivity index (χ2n) is 6.28. The van der Waals surface area contributed by atoms with Crippen molar-refractivity contribution in [2.75, 3.05) is 6.61 Å². The number of hydrogen-bond donors (Lipinski definition) is 1. The number of rotatable bonds is 6. The molecule has 0 amide bonds. The lowest BCUT2D eigenvalue weighted by atomic mass is 9.98. The molecule has 1 N–H and O–H groups in total. The van der Waals surface area contributed by atoms with Crippen molar-refractivity contribution < 1.29 is 19.1 Å². The summed E-state index contributed by atoms with van der Waals surface area (Å²) >= 11 is 0. The van der Waals surface area contributed by atoms with Crippen LogP contribution < -0.4 is 10.4 Å². The van der Waals surface area contributed by atoms with E-state index < -0.39 is 5.97 Å². The van der Waals surface area contributed by atoms with Crippen molar-refractivity contribution in [1.82, 2.24) is 0 Å². The van der Waals surface area contributed by atoms with Crippen molar-refractivity contribution in [3.8, 4) is 5.75 Å². The Labute approximate surface area is 150 Å². The van der Waals surface area contributed by atoms with Crippen LogP contribution in [0.3, 0.4) is 0 Å². The molecule has 5 heteroatoms. The van der Waals surface area contributed by atoms with Gasteiger partial charge in [-0.05, 0) is 42.7 Å². The molecule has 0 saturated carbocycles. The molecule has 1 heterocycles. The first-order valence-corrected chi connectivity index (χ1v) is 8.41. The van der Waals surface area contributed by atoms with E-state index in [-0.39, 0.29) is 18.7 Å². The minimum absolute atomic E-state index is 0.0560. The monoisotopic (exact) mass is 352 g/mol. The van der Waals surface area contributed by atoms with Gasteiger partial charge in [0.25, 0.3) is 0 Å². The molecule has 2 aromatic carbocycles. The van der Waals surface area contributed by atoms with E-state index in [2.05, 4.69) is 0 Å².